The van der Waals surface area contributed by atoms with E-state index in [2.05, 4.69) is 14.7 Å². The molecule has 0 saturated carbocycles. The van der Waals surface area contributed by atoms with Crippen LogP contribution in [0.5, 0.6) is 5.88 Å². The molecule has 0 aromatic carbocycles. The first kappa shape index (κ1) is 14.2. The molecule has 20 heavy (non-hydrogen) atoms. The van der Waals surface area contributed by atoms with Crippen LogP contribution < -0.4 is 9.46 Å². The van der Waals surface area contributed by atoms with Crippen LogP contribution in [0.4, 0.5) is 10.1 Å². The number of sulfonamides is 1. The topological polar surface area (TPSA) is 81.2 Å². The van der Waals surface area contributed by atoms with Gasteiger partial charge >= 0.3 is 0 Å². The molecule has 1 N–H and O–H groups in total. The molecule has 0 aliphatic heterocycles. The molecule has 0 bridgehead atoms. The fraction of sp³-hybridized carbons (Fsp3) is 0.167. The number of aromatic nitrogens is 2. The van der Waals surface area contributed by atoms with Gasteiger partial charge in [0.15, 0.2) is 5.82 Å². The molecule has 0 fully saturated rings. The van der Waals surface area contributed by atoms with Gasteiger partial charge in [0.25, 0.3) is 10.0 Å². The third-order valence-electron chi connectivity index (χ3n) is 2.26. The summed E-state index contributed by atoms with van der Waals surface area (Å²) >= 11 is 0. The van der Waals surface area contributed by atoms with Crippen LogP contribution in [0.2, 0.25) is 0 Å². The Morgan fingerprint density at radius 3 is 2.70 bits per heavy atom. The molecule has 8 heteroatoms. The summed E-state index contributed by atoms with van der Waals surface area (Å²) in [7, 11) is -4.09. The van der Waals surface area contributed by atoms with Crippen LogP contribution in [-0.4, -0.2) is 25.0 Å². The van der Waals surface area contributed by atoms with Crippen molar-refractivity contribution in [3.63, 3.8) is 0 Å². The van der Waals surface area contributed by atoms with Crippen LogP contribution in [0.15, 0.2) is 41.7 Å². The highest BCUT2D eigenvalue weighted by Gasteiger charge is 2.20. The van der Waals surface area contributed by atoms with Crippen molar-refractivity contribution >= 4 is 15.7 Å². The van der Waals surface area contributed by atoms with Gasteiger partial charge in [-0.3, -0.25) is 4.72 Å². The maximum atomic E-state index is 13.4. The van der Waals surface area contributed by atoms with Crippen LogP contribution in [0.25, 0.3) is 0 Å². The standard InChI is InChI=1S/C12H12FN3O3S/c1-2-19-11-6-5-9(8-15-11)16-20(17,18)12-10(13)4-3-7-14-12/h3-8,16H,2H2,1H3. The van der Waals surface area contributed by atoms with Gasteiger partial charge in [0.1, 0.15) is 0 Å². The molecule has 2 heterocycles. The fourth-order valence-corrected chi connectivity index (χ4v) is 2.50. The lowest BCUT2D eigenvalue weighted by atomic mass is 10.4. The summed E-state index contributed by atoms with van der Waals surface area (Å²) in [5, 5.41) is -0.658. The number of rotatable bonds is 5. The van der Waals surface area contributed by atoms with Crippen molar-refractivity contribution in [2.45, 2.75) is 11.9 Å². The van der Waals surface area contributed by atoms with E-state index in [1.165, 1.54) is 30.6 Å². The summed E-state index contributed by atoms with van der Waals surface area (Å²) < 4.78 is 44.7. The van der Waals surface area contributed by atoms with E-state index in [4.69, 9.17) is 4.74 Å². The number of anilines is 1. The zero-order valence-electron chi connectivity index (χ0n) is 10.6. The molecule has 0 radical (unpaired) electrons. The molecular weight excluding hydrogens is 285 g/mol. The van der Waals surface area contributed by atoms with Crippen molar-refractivity contribution in [3.05, 3.63) is 42.5 Å². The quantitative estimate of drug-likeness (QED) is 0.910. The lowest BCUT2D eigenvalue weighted by molar-refractivity contribution is 0.327. The predicted octanol–water partition coefficient (Wildman–Crippen LogP) is 1.82. The molecule has 0 saturated heterocycles. The maximum Gasteiger partial charge on any atom is 0.282 e. The molecule has 0 atom stereocenters. The van der Waals surface area contributed by atoms with Crippen LogP contribution in [0.1, 0.15) is 6.92 Å². The average molecular weight is 297 g/mol. The van der Waals surface area contributed by atoms with E-state index in [1.807, 2.05) is 6.92 Å². The second-order valence-corrected chi connectivity index (χ2v) is 5.31. The van der Waals surface area contributed by atoms with E-state index in [0.717, 1.165) is 6.07 Å². The Labute approximate surface area is 115 Å². The smallest absolute Gasteiger partial charge is 0.282 e. The third kappa shape index (κ3) is 3.21. The average Bonchev–Trinajstić information content (AvgIpc) is 2.41. The largest absolute Gasteiger partial charge is 0.478 e. The van der Waals surface area contributed by atoms with Crippen molar-refractivity contribution in [1.82, 2.24) is 9.97 Å². The summed E-state index contributed by atoms with van der Waals surface area (Å²) in [5.41, 5.74) is 0.193. The third-order valence-corrected chi connectivity index (χ3v) is 3.57. The van der Waals surface area contributed by atoms with Gasteiger partial charge < -0.3 is 4.74 Å². The van der Waals surface area contributed by atoms with Gasteiger partial charge in [0.05, 0.1) is 18.5 Å². The van der Waals surface area contributed by atoms with Crippen LogP contribution in [0, 0.1) is 5.82 Å². The number of hydrogen-bond donors (Lipinski definition) is 1. The second kappa shape index (κ2) is 5.83. The highest BCUT2D eigenvalue weighted by molar-refractivity contribution is 7.92. The molecule has 2 rings (SSSR count). The summed E-state index contributed by atoms with van der Waals surface area (Å²) in [6.07, 6.45) is 2.48. The lowest BCUT2D eigenvalue weighted by Gasteiger charge is -2.08. The minimum atomic E-state index is -4.09. The van der Waals surface area contributed by atoms with E-state index >= 15 is 0 Å². The molecule has 2 aromatic rings. The van der Waals surface area contributed by atoms with Gasteiger partial charge in [-0.05, 0) is 25.1 Å². The molecule has 106 valence electrons. The summed E-state index contributed by atoms with van der Waals surface area (Å²) in [5.74, 6) is -0.543. The number of pyridine rings is 2. The Hall–Kier alpha value is -2.22. The second-order valence-electron chi connectivity index (χ2n) is 3.71. The SMILES string of the molecule is CCOc1ccc(NS(=O)(=O)c2ncccc2F)cn1. The number of halogens is 1. The van der Waals surface area contributed by atoms with Gasteiger partial charge in [0.2, 0.25) is 10.9 Å². The molecule has 0 spiro atoms. The van der Waals surface area contributed by atoms with Crippen LogP contribution in [0.3, 0.4) is 0 Å². The number of hydrogen-bond acceptors (Lipinski definition) is 5. The highest BCUT2D eigenvalue weighted by atomic mass is 32.2. The first-order valence-electron chi connectivity index (χ1n) is 5.75. The first-order valence-corrected chi connectivity index (χ1v) is 7.23. The highest BCUT2D eigenvalue weighted by Crippen LogP contribution is 2.17. The molecule has 0 amide bonds. The lowest BCUT2D eigenvalue weighted by Crippen LogP contribution is -2.16. The summed E-state index contributed by atoms with van der Waals surface area (Å²) in [6.45, 7) is 2.26. The minimum Gasteiger partial charge on any atom is -0.478 e. The predicted molar refractivity (Wildman–Crippen MR) is 70.4 cm³/mol. The Kier molecular flexibility index (Phi) is 4.14. The Balaban J connectivity index is 2.22. The normalized spacial score (nSPS) is 11.1. The van der Waals surface area contributed by atoms with Gasteiger partial charge in [-0.2, -0.15) is 8.42 Å². The zero-order valence-corrected chi connectivity index (χ0v) is 11.4. The van der Waals surface area contributed by atoms with Crippen molar-refractivity contribution in [2.24, 2.45) is 0 Å². The number of ether oxygens (including phenoxy) is 1. The number of nitrogens with one attached hydrogen (secondary N) is 1. The molecule has 0 aliphatic rings. The van der Waals surface area contributed by atoms with Crippen LogP contribution in [-0.2, 0) is 10.0 Å². The van der Waals surface area contributed by atoms with E-state index in [1.54, 1.807) is 0 Å². The van der Waals surface area contributed by atoms with Crippen molar-refractivity contribution in [2.75, 3.05) is 11.3 Å². The molecule has 0 aliphatic carbocycles. The molecule has 0 unspecified atom stereocenters. The van der Waals surface area contributed by atoms with Gasteiger partial charge in [-0.1, -0.05) is 0 Å². The van der Waals surface area contributed by atoms with E-state index < -0.39 is 20.9 Å². The Morgan fingerprint density at radius 1 is 1.30 bits per heavy atom. The van der Waals surface area contributed by atoms with Crippen LogP contribution >= 0.6 is 0 Å². The summed E-state index contributed by atoms with van der Waals surface area (Å²) in [6, 6.07) is 5.32. The zero-order chi connectivity index (χ0) is 14.6. The van der Waals surface area contributed by atoms with Crippen molar-refractivity contribution in [1.29, 1.82) is 0 Å². The Bertz CT molecular complexity index is 689. The Morgan fingerprint density at radius 2 is 2.10 bits per heavy atom. The van der Waals surface area contributed by atoms with Crippen molar-refractivity contribution in [3.8, 4) is 5.88 Å². The van der Waals surface area contributed by atoms with E-state index in [0.29, 0.717) is 12.5 Å². The molecule has 2 aromatic heterocycles. The first-order chi connectivity index (χ1) is 9.53. The number of nitrogens with zero attached hydrogens (tertiary/aromatic N) is 2. The minimum absolute atomic E-state index is 0.193. The van der Waals surface area contributed by atoms with E-state index in [-0.39, 0.29) is 5.69 Å². The van der Waals surface area contributed by atoms with E-state index in [9.17, 15) is 12.8 Å². The molecular formula is C12H12FN3O3S. The fourth-order valence-electron chi connectivity index (χ4n) is 1.45. The maximum absolute atomic E-state index is 13.4. The van der Waals surface area contributed by atoms with Crippen molar-refractivity contribution < 1.29 is 17.5 Å². The van der Waals surface area contributed by atoms with Gasteiger partial charge in [-0.15, -0.1) is 0 Å². The molecule has 6 nitrogen and oxygen atoms in total. The summed E-state index contributed by atoms with van der Waals surface area (Å²) in [4.78, 5) is 7.43. The monoisotopic (exact) mass is 297 g/mol. The van der Waals surface area contributed by atoms with Gasteiger partial charge in [-0.25, -0.2) is 14.4 Å². The van der Waals surface area contributed by atoms with Gasteiger partial charge in [0, 0.05) is 12.3 Å².